The molecular weight excluding hydrogens is 358 g/mol. The number of imidazole rings is 1. The molecule has 3 aromatic rings. The molecule has 2 amide bonds. The molecule has 3 N–H and O–H groups in total. The highest BCUT2D eigenvalue weighted by atomic mass is 16.2. The van der Waals surface area contributed by atoms with Crippen LogP contribution in [0.15, 0.2) is 60.9 Å². The van der Waals surface area contributed by atoms with Crippen molar-refractivity contribution in [3.8, 4) is 5.69 Å². The summed E-state index contributed by atoms with van der Waals surface area (Å²) in [5.74, 6) is -1.94. The second-order valence-corrected chi connectivity index (χ2v) is 6.14. The molecule has 0 saturated carbocycles. The number of nitrogens with one attached hydrogen (secondary N) is 1. The Morgan fingerprint density at radius 1 is 1.07 bits per heavy atom. The van der Waals surface area contributed by atoms with Crippen molar-refractivity contribution in [1.82, 2.24) is 19.9 Å². The Hall–Kier alpha value is -3.81. The molecule has 1 unspecified atom stereocenters. The van der Waals surface area contributed by atoms with Crippen molar-refractivity contribution in [3.63, 3.8) is 0 Å². The van der Waals surface area contributed by atoms with E-state index in [4.69, 9.17) is 5.73 Å². The van der Waals surface area contributed by atoms with Crippen LogP contribution in [0, 0.1) is 6.92 Å². The minimum atomic E-state index is -1.13. The van der Waals surface area contributed by atoms with Crippen molar-refractivity contribution in [2.24, 2.45) is 5.73 Å². The molecule has 28 heavy (non-hydrogen) atoms. The molecule has 0 saturated heterocycles. The van der Waals surface area contributed by atoms with Gasteiger partial charge in [0.15, 0.2) is 0 Å². The Labute approximate surface area is 161 Å². The Morgan fingerprint density at radius 2 is 1.79 bits per heavy atom. The minimum Gasteiger partial charge on any atom is -0.363 e. The number of Topliss-reactive ketones (excluding diaryl/α,β-unsaturated/α-hetero) is 1. The molecule has 0 aliphatic rings. The van der Waals surface area contributed by atoms with Gasteiger partial charge in [-0.2, -0.15) is 0 Å². The first-order chi connectivity index (χ1) is 13.5. The highest BCUT2D eigenvalue weighted by molar-refractivity contribution is 6.38. The van der Waals surface area contributed by atoms with E-state index in [-0.39, 0.29) is 12.1 Å². The number of nitrogens with two attached hydrogens (primary N) is 1. The molecule has 2 heterocycles. The van der Waals surface area contributed by atoms with E-state index >= 15 is 0 Å². The zero-order chi connectivity index (χ0) is 20.1. The number of hydrogen-bond donors (Lipinski definition) is 2. The zero-order valence-corrected chi connectivity index (χ0v) is 15.2. The number of carbonyl (C=O) groups excluding carboxylic acids is 3. The van der Waals surface area contributed by atoms with Gasteiger partial charge < -0.3 is 11.1 Å². The van der Waals surface area contributed by atoms with Gasteiger partial charge in [-0.15, -0.1) is 0 Å². The van der Waals surface area contributed by atoms with E-state index in [9.17, 15) is 14.4 Å². The van der Waals surface area contributed by atoms with Crippen molar-refractivity contribution in [2.75, 3.05) is 0 Å². The van der Waals surface area contributed by atoms with Crippen LogP contribution in [0.4, 0.5) is 0 Å². The molecule has 8 heteroatoms. The van der Waals surface area contributed by atoms with Gasteiger partial charge in [-0.05, 0) is 31.2 Å². The van der Waals surface area contributed by atoms with Crippen LogP contribution in [-0.4, -0.2) is 38.2 Å². The molecule has 3 rings (SSSR count). The monoisotopic (exact) mass is 377 g/mol. The van der Waals surface area contributed by atoms with Crippen molar-refractivity contribution in [1.29, 1.82) is 0 Å². The number of ketones is 1. The predicted octanol–water partition coefficient (Wildman–Crippen LogP) is 0.971. The Bertz CT molecular complexity index is 999. The van der Waals surface area contributed by atoms with Gasteiger partial charge in [0, 0.05) is 24.0 Å². The van der Waals surface area contributed by atoms with E-state index in [1.807, 2.05) is 30.3 Å². The third-order valence-corrected chi connectivity index (χ3v) is 4.19. The van der Waals surface area contributed by atoms with Crippen LogP contribution in [0.5, 0.6) is 0 Å². The van der Waals surface area contributed by atoms with Crippen LogP contribution in [0.2, 0.25) is 0 Å². The zero-order valence-electron chi connectivity index (χ0n) is 15.2. The third kappa shape index (κ3) is 4.12. The molecule has 0 fully saturated rings. The minimum absolute atomic E-state index is 0.0484. The highest BCUT2D eigenvalue weighted by Gasteiger charge is 2.27. The van der Waals surface area contributed by atoms with Crippen LogP contribution in [-0.2, 0) is 16.0 Å². The lowest BCUT2D eigenvalue weighted by molar-refractivity contribution is -0.137. The average Bonchev–Trinajstić information content (AvgIpc) is 3.09. The number of aromatic nitrogens is 3. The van der Waals surface area contributed by atoms with Crippen molar-refractivity contribution in [3.05, 3.63) is 78.1 Å². The number of aryl methyl sites for hydroxylation is 1. The van der Waals surface area contributed by atoms with Crippen LogP contribution in [0.3, 0.4) is 0 Å². The van der Waals surface area contributed by atoms with Crippen molar-refractivity contribution in [2.45, 2.75) is 19.4 Å². The molecular formula is C20H19N5O3. The molecule has 0 bridgehead atoms. The summed E-state index contributed by atoms with van der Waals surface area (Å²) in [4.78, 5) is 44.9. The number of amides is 2. The number of carbonyl (C=O) groups is 3. The first kappa shape index (κ1) is 19.0. The van der Waals surface area contributed by atoms with Gasteiger partial charge in [0.05, 0.1) is 6.20 Å². The van der Waals surface area contributed by atoms with Gasteiger partial charge in [-0.1, -0.05) is 24.3 Å². The van der Waals surface area contributed by atoms with Crippen molar-refractivity contribution < 1.29 is 14.4 Å². The summed E-state index contributed by atoms with van der Waals surface area (Å²) in [5.41, 5.74) is 6.70. The topological polar surface area (TPSA) is 120 Å². The van der Waals surface area contributed by atoms with Gasteiger partial charge >= 0.3 is 0 Å². The molecule has 0 radical (unpaired) electrons. The number of rotatable bonds is 7. The molecule has 8 nitrogen and oxygen atoms in total. The fraction of sp³-hybridized carbons (Fsp3) is 0.150. The Kier molecular flexibility index (Phi) is 5.59. The van der Waals surface area contributed by atoms with Crippen molar-refractivity contribution >= 4 is 17.6 Å². The Balaban J connectivity index is 1.89. The maximum absolute atomic E-state index is 12.9. The van der Waals surface area contributed by atoms with Crippen LogP contribution in [0.25, 0.3) is 5.69 Å². The number of nitrogens with zero attached hydrogens (tertiary/aromatic N) is 3. The summed E-state index contributed by atoms with van der Waals surface area (Å²) in [7, 11) is 0. The standard InChI is InChI=1S/C20H19N5O3/c1-13-23-12-17(25(13)15-8-3-2-4-9-15)20(28)24-16(18(26)19(21)27)11-14-7-5-6-10-22-14/h2-10,12,16H,11H2,1H3,(H2,21,27)(H,24,28). The number of primary amides is 1. The molecule has 0 aliphatic heterocycles. The molecule has 0 spiro atoms. The number of para-hydroxylation sites is 1. The van der Waals surface area contributed by atoms with Gasteiger partial charge in [-0.3, -0.25) is 23.9 Å². The van der Waals surface area contributed by atoms with E-state index in [0.29, 0.717) is 11.5 Å². The summed E-state index contributed by atoms with van der Waals surface area (Å²) in [6.07, 6.45) is 3.04. The highest BCUT2D eigenvalue weighted by Crippen LogP contribution is 2.15. The maximum Gasteiger partial charge on any atom is 0.287 e. The third-order valence-electron chi connectivity index (χ3n) is 4.19. The lowest BCUT2D eigenvalue weighted by Crippen LogP contribution is -2.47. The smallest absolute Gasteiger partial charge is 0.287 e. The van der Waals surface area contributed by atoms with Crippen LogP contribution < -0.4 is 11.1 Å². The van der Waals surface area contributed by atoms with Gasteiger partial charge in [0.1, 0.15) is 17.6 Å². The number of benzene rings is 1. The second-order valence-electron chi connectivity index (χ2n) is 6.14. The van der Waals surface area contributed by atoms with E-state index in [0.717, 1.165) is 5.69 Å². The first-order valence-corrected chi connectivity index (χ1v) is 8.61. The second kappa shape index (κ2) is 8.26. The molecule has 1 atom stereocenters. The summed E-state index contributed by atoms with van der Waals surface area (Å²) in [6.45, 7) is 1.77. The summed E-state index contributed by atoms with van der Waals surface area (Å²) in [6, 6.07) is 13.3. The van der Waals surface area contributed by atoms with Crippen LogP contribution >= 0.6 is 0 Å². The van der Waals surface area contributed by atoms with Gasteiger partial charge in [-0.25, -0.2) is 4.98 Å². The van der Waals surface area contributed by atoms with E-state index in [1.54, 1.807) is 35.9 Å². The summed E-state index contributed by atoms with van der Waals surface area (Å²) < 4.78 is 1.67. The predicted molar refractivity (Wildman–Crippen MR) is 102 cm³/mol. The fourth-order valence-electron chi connectivity index (χ4n) is 2.85. The maximum atomic E-state index is 12.9. The summed E-state index contributed by atoms with van der Waals surface area (Å²) in [5, 5.41) is 2.60. The average molecular weight is 377 g/mol. The quantitative estimate of drug-likeness (QED) is 0.595. The normalized spacial score (nSPS) is 11.6. The van der Waals surface area contributed by atoms with Crippen LogP contribution in [0.1, 0.15) is 22.0 Å². The van der Waals surface area contributed by atoms with Gasteiger partial charge in [0.2, 0.25) is 5.78 Å². The first-order valence-electron chi connectivity index (χ1n) is 8.61. The van der Waals surface area contributed by atoms with E-state index in [1.165, 1.54) is 6.20 Å². The largest absolute Gasteiger partial charge is 0.363 e. The number of hydrogen-bond acceptors (Lipinski definition) is 5. The number of pyridine rings is 1. The van der Waals surface area contributed by atoms with Gasteiger partial charge in [0.25, 0.3) is 11.8 Å². The lowest BCUT2D eigenvalue weighted by Gasteiger charge is -2.17. The molecule has 142 valence electrons. The lowest BCUT2D eigenvalue weighted by atomic mass is 10.1. The van der Waals surface area contributed by atoms with E-state index in [2.05, 4.69) is 15.3 Å². The fourth-order valence-corrected chi connectivity index (χ4v) is 2.85. The SMILES string of the molecule is Cc1ncc(C(=O)NC(Cc2ccccn2)C(=O)C(N)=O)n1-c1ccccc1. The van der Waals surface area contributed by atoms with E-state index < -0.39 is 23.6 Å². The molecule has 1 aromatic carbocycles. The molecule has 0 aliphatic carbocycles. The summed E-state index contributed by atoms with van der Waals surface area (Å²) >= 11 is 0. The Morgan fingerprint density at radius 3 is 2.43 bits per heavy atom. The molecule has 2 aromatic heterocycles.